The van der Waals surface area contributed by atoms with Crippen LogP contribution in [0, 0.1) is 6.92 Å². The van der Waals surface area contributed by atoms with Crippen LogP contribution in [0.3, 0.4) is 0 Å². The molecule has 0 aliphatic rings. The Hall–Kier alpha value is -1.06. The fraction of sp³-hybridized carbons (Fsp3) is 0.625. The van der Waals surface area contributed by atoms with Crippen LogP contribution < -0.4 is 5.73 Å². The lowest BCUT2D eigenvalue weighted by Gasteiger charge is -2.07. The molecule has 0 unspecified atom stereocenters. The molecule has 0 spiro atoms. The van der Waals surface area contributed by atoms with E-state index in [1.165, 1.54) is 0 Å². The van der Waals surface area contributed by atoms with Crippen molar-refractivity contribution in [2.45, 2.75) is 20.3 Å². The Morgan fingerprint density at radius 1 is 1.50 bits per heavy atom. The molecule has 2 N–H and O–H groups in total. The average Bonchev–Trinajstić information content (AvgIpc) is 2.09. The summed E-state index contributed by atoms with van der Waals surface area (Å²) in [6.07, 6.45) is 1.98. The summed E-state index contributed by atoms with van der Waals surface area (Å²) in [6, 6.07) is 0. The molecule has 4 heteroatoms. The Labute approximate surface area is 73.7 Å². The van der Waals surface area contributed by atoms with Crippen LogP contribution in [0.15, 0.2) is 0 Å². The zero-order valence-electron chi connectivity index (χ0n) is 7.67. The lowest BCUT2D eigenvalue weighted by Crippen LogP contribution is -2.19. The Kier molecular flexibility index (Phi) is 11.2. The zero-order valence-corrected chi connectivity index (χ0v) is 7.67. The summed E-state index contributed by atoms with van der Waals surface area (Å²) >= 11 is 0. The normalized spacial score (nSPS) is 7.92. The number of rotatable bonds is 4. The fourth-order valence-corrected chi connectivity index (χ4v) is 0.353. The van der Waals surface area contributed by atoms with Gasteiger partial charge in [0.1, 0.15) is 0 Å². The molecule has 0 atom stereocenters. The summed E-state index contributed by atoms with van der Waals surface area (Å²) in [6.45, 7) is 8.59. The molecule has 0 fully saturated rings. The number of amides is 2. The molecule has 0 aromatic rings. The Morgan fingerprint density at radius 3 is 1.83 bits per heavy atom. The second kappa shape index (κ2) is 9.94. The van der Waals surface area contributed by atoms with Gasteiger partial charge >= 0.3 is 6.41 Å². The molecule has 0 heterocycles. The average molecular weight is 172 g/mol. The largest absolute Gasteiger partial charge is 0.370 e. The van der Waals surface area contributed by atoms with Gasteiger partial charge in [-0.2, -0.15) is 0 Å². The van der Waals surface area contributed by atoms with Crippen LogP contribution in [-0.2, 0) is 9.59 Å². The first kappa shape index (κ1) is 13.5. The van der Waals surface area contributed by atoms with E-state index in [9.17, 15) is 9.59 Å². The number of hydrogen-bond acceptors (Lipinski definition) is 2. The van der Waals surface area contributed by atoms with E-state index in [-0.39, 0.29) is 12.3 Å². The minimum atomic E-state index is -0.356. The van der Waals surface area contributed by atoms with Crippen LogP contribution in [-0.4, -0.2) is 30.3 Å². The Morgan fingerprint density at radius 2 is 1.83 bits per heavy atom. The van der Waals surface area contributed by atoms with Crippen molar-refractivity contribution in [2.24, 2.45) is 5.73 Å². The molecule has 12 heavy (non-hydrogen) atoms. The first-order valence-electron chi connectivity index (χ1n) is 3.82. The van der Waals surface area contributed by atoms with Gasteiger partial charge in [-0.15, -0.1) is 0 Å². The summed E-state index contributed by atoms with van der Waals surface area (Å²) in [5.41, 5.74) is 4.59. The van der Waals surface area contributed by atoms with Crippen molar-refractivity contribution in [3.05, 3.63) is 6.92 Å². The number of carbonyl (C=O) groups is 1. The highest BCUT2D eigenvalue weighted by atomic mass is 16.1. The van der Waals surface area contributed by atoms with Gasteiger partial charge in [0.25, 0.3) is 0 Å². The maximum Gasteiger partial charge on any atom is 0.312 e. The van der Waals surface area contributed by atoms with Crippen LogP contribution in [0.5, 0.6) is 0 Å². The third kappa shape index (κ3) is 11.7. The number of primary amides is 1. The van der Waals surface area contributed by atoms with E-state index in [1.54, 1.807) is 11.3 Å². The topological polar surface area (TPSA) is 63.4 Å². The fourth-order valence-electron chi connectivity index (χ4n) is 0.353. The summed E-state index contributed by atoms with van der Waals surface area (Å²) < 4.78 is 0. The highest BCUT2D eigenvalue weighted by Gasteiger charge is 1.89. The van der Waals surface area contributed by atoms with Crippen LogP contribution in [0.2, 0.25) is 0 Å². The van der Waals surface area contributed by atoms with Gasteiger partial charge in [0.15, 0.2) is 0 Å². The van der Waals surface area contributed by atoms with Crippen LogP contribution in [0.25, 0.3) is 0 Å². The van der Waals surface area contributed by atoms with Gasteiger partial charge in [-0.1, -0.05) is 0 Å². The SMILES string of the molecule is CCN([C]=O)CC.[CH2]CC(N)=O. The monoisotopic (exact) mass is 172 g/mol. The van der Waals surface area contributed by atoms with Crippen molar-refractivity contribution in [1.82, 2.24) is 4.90 Å². The van der Waals surface area contributed by atoms with E-state index >= 15 is 0 Å². The van der Waals surface area contributed by atoms with Crippen LogP contribution >= 0.6 is 0 Å². The van der Waals surface area contributed by atoms with Crippen molar-refractivity contribution >= 4 is 12.3 Å². The van der Waals surface area contributed by atoms with Gasteiger partial charge in [0.2, 0.25) is 5.91 Å². The van der Waals surface area contributed by atoms with Crippen molar-refractivity contribution in [2.75, 3.05) is 13.1 Å². The zero-order chi connectivity index (χ0) is 9.98. The van der Waals surface area contributed by atoms with E-state index in [1.807, 2.05) is 13.8 Å². The van der Waals surface area contributed by atoms with E-state index in [0.29, 0.717) is 0 Å². The van der Waals surface area contributed by atoms with Gasteiger partial charge in [-0.3, -0.25) is 9.59 Å². The van der Waals surface area contributed by atoms with Gasteiger partial charge in [-0.05, 0) is 20.8 Å². The van der Waals surface area contributed by atoms with Crippen LogP contribution in [0.1, 0.15) is 20.3 Å². The molecule has 0 aliphatic carbocycles. The van der Waals surface area contributed by atoms with Crippen molar-refractivity contribution in [1.29, 1.82) is 0 Å². The predicted molar refractivity (Wildman–Crippen MR) is 47.8 cm³/mol. The molecule has 0 aromatic carbocycles. The molecule has 0 aliphatic heterocycles. The predicted octanol–water partition coefficient (Wildman–Crippen LogP) is 0.0913. The van der Waals surface area contributed by atoms with Crippen molar-refractivity contribution in [3.63, 3.8) is 0 Å². The van der Waals surface area contributed by atoms with E-state index < -0.39 is 0 Å². The van der Waals surface area contributed by atoms with Gasteiger partial charge in [-0.25, -0.2) is 0 Å². The Bertz CT molecular complexity index is 122. The maximum absolute atomic E-state index is 9.77. The van der Waals surface area contributed by atoms with Crippen LogP contribution in [0.4, 0.5) is 0 Å². The molecule has 2 amide bonds. The number of hydrogen-bond donors (Lipinski definition) is 1. The van der Waals surface area contributed by atoms with E-state index in [2.05, 4.69) is 12.7 Å². The molecule has 0 aromatic heterocycles. The molecule has 0 bridgehead atoms. The van der Waals surface area contributed by atoms with Crippen molar-refractivity contribution in [3.8, 4) is 0 Å². The Balaban J connectivity index is 0. The highest BCUT2D eigenvalue weighted by Crippen LogP contribution is 1.75. The summed E-state index contributed by atoms with van der Waals surface area (Å²) in [4.78, 5) is 20.9. The number of carbonyl (C=O) groups excluding carboxylic acids is 2. The van der Waals surface area contributed by atoms with Crippen molar-refractivity contribution < 1.29 is 9.59 Å². The highest BCUT2D eigenvalue weighted by molar-refractivity contribution is 5.74. The molecule has 0 saturated heterocycles. The molecule has 0 rings (SSSR count). The third-order valence-electron chi connectivity index (χ3n) is 1.14. The number of nitrogens with zero attached hydrogens (tertiary/aromatic N) is 1. The second-order valence-corrected chi connectivity index (χ2v) is 1.98. The van der Waals surface area contributed by atoms with Gasteiger partial charge in [0.05, 0.1) is 0 Å². The number of nitrogens with two attached hydrogens (primary N) is 1. The quantitative estimate of drug-likeness (QED) is 0.611. The molecule has 2 radical (unpaired) electrons. The second-order valence-electron chi connectivity index (χ2n) is 1.98. The molecule has 4 nitrogen and oxygen atoms in total. The van der Waals surface area contributed by atoms with Gasteiger partial charge < -0.3 is 10.6 Å². The summed E-state index contributed by atoms with van der Waals surface area (Å²) in [7, 11) is 0. The maximum atomic E-state index is 9.77. The minimum absolute atomic E-state index is 0.194. The minimum Gasteiger partial charge on any atom is -0.370 e. The standard InChI is InChI=1S/C5H10NO.C3H6NO/c1-3-6(4-2)5-7;1-2-3(4)5/h3-4H2,1-2H3;1-2H2,(H2,4,5). The van der Waals surface area contributed by atoms with E-state index in [0.717, 1.165) is 13.1 Å². The molecular weight excluding hydrogens is 156 g/mol. The molecule has 0 saturated carbocycles. The summed E-state index contributed by atoms with van der Waals surface area (Å²) in [5, 5.41) is 0. The molecular formula is C8H16N2O2. The lowest BCUT2D eigenvalue weighted by atomic mass is 10.5. The van der Waals surface area contributed by atoms with E-state index in [4.69, 9.17) is 0 Å². The summed E-state index contributed by atoms with van der Waals surface area (Å²) in [5.74, 6) is -0.356. The smallest absolute Gasteiger partial charge is 0.312 e. The first-order valence-corrected chi connectivity index (χ1v) is 3.82. The third-order valence-corrected chi connectivity index (χ3v) is 1.14. The molecule has 70 valence electrons. The lowest BCUT2D eigenvalue weighted by molar-refractivity contribution is -0.117. The van der Waals surface area contributed by atoms with Gasteiger partial charge in [0, 0.05) is 19.5 Å². The first-order chi connectivity index (χ1) is 5.62.